The molecule has 1 aromatic carbocycles. The van der Waals surface area contributed by atoms with Crippen LogP contribution in [0.5, 0.6) is 0 Å². The maximum absolute atomic E-state index is 6.10. The Morgan fingerprint density at radius 1 is 1.40 bits per heavy atom. The molecule has 2 aromatic heterocycles. The molecular weight excluding hydrogens is 389 g/mol. The van der Waals surface area contributed by atoms with Gasteiger partial charge in [0.25, 0.3) is 0 Å². The van der Waals surface area contributed by atoms with E-state index in [0.29, 0.717) is 11.0 Å². The van der Waals surface area contributed by atoms with E-state index in [1.165, 1.54) is 0 Å². The zero-order valence-corrected chi connectivity index (χ0v) is 14.0. The minimum atomic E-state index is 0.461. The van der Waals surface area contributed by atoms with Crippen molar-refractivity contribution in [2.45, 2.75) is 20.4 Å². The number of fused-ring (bicyclic) bond motifs is 1. The van der Waals surface area contributed by atoms with E-state index in [1.807, 2.05) is 41.3 Å². The molecule has 0 aliphatic heterocycles. The highest BCUT2D eigenvalue weighted by Crippen LogP contribution is 2.29. The standard InChI is InChI=1S/C13H13ClIN5/c1-3-19-12-11(7(2)18-19)17-13(16)20(12)10-5-4-8(14)6-9(10)15/h4-6H,3H2,1-2H3,(H2,16,17). The van der Waals surface area contributed by atoms with Gasteiger partial charge in [-0.2, -0.15) is 5.10 Å². The van der Waals surface area contributed by atoms with E-state index in [2.05, 4.69) is 32.7 Å². The van der Waals surface area contributed by atoms with E-state index in [1.54, 1.807) is 0 Å². The molecule has 0 aliphatic carbocycles. The van der Waals surface area contributed by atoms with Gasteiger partial charge in [-0.05, 0) is 54.6 Å². The average Bonchev–Trinajstić information content (AvgIpc) is 2.88. The zero-order chi connectivity index (χ0) is 14.4. The van der Waals surface area contributed by atoms with Gasteiger partial charge in [0.15, 0.2) is 5.65 Å². The third kappa shape index (κ3) is 1.98. The van der Waals surface area contributed by atoms with Crippen LogP contribution in [-0.4, -0.2) is 19.3 Å². The summed E-state index contributed by atoms with van der Waals surface area (Å²) in [6, 6.07) is 5.70. The highest BCUT2D eigenvalue weighted by molar-refractivity contribution is 14.1. The number of nitrogen functional groups attached to an aromatic ring is 1. The number of nitrogens with two attached hydrogens (primary N) is 1. The second-order valence-corrected chi connectivity index (χ2v) is 6.07. The van der Waals surface area contributed by atoms with Crippen LogP contribution in [0, 0.1) is 10.5 Å². The lowest BCUT2D eigenvalue weighted by Crippen LogP contribution is -2.07. The Kier molecular flexibility index (Phi) is 3.37. The summed E-state index contributed by atoms with van der Waals surface area (Å²) in [5.74, 6) is 0.461. The molecule has 0 atom stereocenters. The smallest absolute Gasteiger partial charge is 0.207 e. The average molecular weight is 402 g/mol. The molecule has 0 amide bonds. The van der Waals surface area contributed by atoms with E-state index in [0.717, 1.165) is 32.7 Å². The predicted octanol–water partition coefficient (Wildman–Crippen LogP) is 3.39. The number of halogens is 2. The number of imidazole rings is 1. The number of hydrogen-bond donors (Lipinski definition) is 1. The molecule has 0 radical (unpaired) electrons. The van der Waals surface area contributed by atoms with Gasteiger partial charge in [0.2, 0.25) is 5.95 Å². The van der Waals surface area contributed by atoms with E-state index in [4.69, 9.17) is 17.3 Å². The number of anilines is 1. The molecule has 5 nitrogen and oxygen atoms in total. The molecule has 3 rings (SSSR count). The van der Waals surface area contributed by atoms with Gasteiger partial charge >= 0.3 is 0 Å². The normalized spacial score (nSPS) is 11.4. The number of rotatable bonds is 2. The lowest BCUT2D eigenvalue weighted by atomic mass is 10.3. The van der Waals surface area contributed by atoms with Gasteiger partial charge in [0.05, 0.1) is 11.4 Å². The predicted molar refractivity (Wildman–Crippen MR) is 89.4 cm³/mol. The SMILES string of the molecule is CCn1nc(C)c2nc(N)n(-c3ccc(Cl)cc3I)c21. The fraction of sp³-hybridized carbons (Fsp3) is 0.231. The van der Waals surface area contributed by atoms with E-state index in [-0.39, 0.29) is 0 Å². The largest absolute Gasteiger partial charge is 0.369 e. The highest BCUT2D eigenvalue weighted by Gasteiger charge is 2.19. The summed E-state index contributed by atoms with van der Waals surface area (Å²) in [4.78, 5) is 4.44. The second-order valence-electron chi connectivity index (χ2n) is 4.47. The van der Waals surface area contributed by atoms with Crippen LogP contribution in [0.2, 0.25) is 5.02 Å². The highest BCUT2D eigenvalue weighted by atomic mass is 127. The van der Waals surface area contributed by atoms with Crippen molar-refractivity contribution in [3.8, 4) is 5.69 Å². The Labute approximate surface area is 134 Å². The van der Waals surface area contributed by atoms with Gasteiger partial charge in [-0.3, -0.25) is 4.57 Å². The Morgan fingerprint density at radius 3 is 2.80 bits per heavy atom. The van der Waals surface area contributed by atoms with Crippen LogP contribution in [-0.2, 0) is 6.54 Å². The van der Waals surface area contributed by atoms with E-state index >= 15 is 0 Å². The zero-order valence-electron chi connectivity index (χ0n) is 11.1. The quantitative estimate of drug-likeness (QED) is 0.670. The second kappa shape index (κ2) is 4.92. The molecule has 104 valence electrons. The molecule has 0 bridgehead atoms. The van der Waals surface area contributed by atoms with Gasteiger partial charge in [-0.25, -0.2) is 9.67 Å². The number of aromatic nitrogens is 4. The molecule has 0 spiro atoms. The Morgan fingerprint density at radius 2 is 2.15 bits per heavy atom. The molecule has 0 saturated heterocycles. The van der Waals surface area contributed by atoms with Crippen LogP contribution >= 0.6 is 34.2 Å². The molecule has 0 unspecified atom stereocenters. The Hall–Kier alpha value is -1.28. The summed E-state index contributed by atoms with van der Waals surface area (Å²) >= 11 is 8.27. The molecule has 0 aliphatic rings. The number of aryl methyl sites for hydroxylation is 2. The summed E-state index contributed by atoms with van der Waals surface area (Å²) < 4.78 is 4.86. The third-order valence-electron chi connectivity index (χ3n) is 3.19. The molecule has 2 heterocycles. The van der Waals surface area contributed by atoms with Crippen molar-refractivity contribution in [2.75, 3.05) is 5.73 Å². The topological polar surface area (TPSA) is 61.7 Å². The van der Waals surface area contributed by atoms with Crippen LogP contribution in [0.1, 0.15) is 12.6 Å². The Bertz CT molecular complexity index is 805. The van der Waals surface area contributed by atoms with Crippen molar-refractivity contribution in [2.24, 2.45) is 0 Å². The lowest BCUT2D eigenvalue weighted by molar-refractivity contribution is 0.663. The molecule has 0 saturated carbocycles. The fourth-order valence-corrected chi connectivity index (χ4v) is 3.42. The molecular formula is C13H13ClIN5. The van der Waals surface area contributed by atoms with E-state index < -0.39 is 0 Å². The van der Waals surface area contributed by atoms with Gasteiger partial charge in [-0.15, -0.1) is 0 Å². The molecule has 20 heavy (non-hydrogen) atoms. The summed E-state index contributed by atoms with van der Waals surface area (Å²) in [6.07, 6.45) is 0. The van der Waals surface area contributed by atoms with Crippen LogP contribution in [0.15, 0.2) is 18.2 Å². The van der Waals surface area contributed by atoms with Crippen LogP contribution in [0.3, 0.4) is 0 Å². The molecule has 0 fully saturated rings. The van der Waals surface area contributed by atoms with Crippen molar-refractivity contribution >= 4 is 51.3 Å². The first-order valence-corrected chi connectivity index (χ1v) is 7.65. The van der Waals surface area contributed by atoms with Crippen molar-refractivity contribution in [1.29, 1.82) is 0 Å². The first-order valence-electron chi connectivity index (χ1n) is 6.19. The number of nitrogens with zero attached hydrogens (tertiary/aromatic N) is 4. The van der Waals surface area contributed by atoms with Crippen molar-refractivity contribution < 1.29 is 0 Å². The van der Waals surface area contributed by atoms with Gasteiger partial charge < -0.3 is 5.73 Å². The van der Waals surface area contributed by atoms with Crippen LogP contribution < -0.4 is 5.73 Å². The molecule has 2 N–H and O–H groups in total. The summed E-state index contributed by atoms with van der Waals surface area (Å²) in [5.41, 5.74) is 9.71. The summed E-state index contributed by atoms with van der Waals surface area (Å²) in [6.45, 7) is 4.75. The van der Waals surface area contributed by atoms with Crippen LogP contribution in [0.4, 0.5) is 5.95 Å². The van der Waals surface area contributed by atoms with Gasteiger partial charge in [-0.1, -0.05) is 11.6 Å². The Balaban J connectivity index is 2.38. The maximum Gasteiger partial charge on any atom is 0.207 e. The van der Waals surface area contributed by atoms with Crippen LogP contribution in [0.25, 0.3) is 16.9 Å². The van der Waals surface area contributed by atoms with Crippen molar-refractivity contribution in [3.05, 3.63) is 32.5 Å². The van der Waals surface area contributed by atoms with E-state index in [9.17, 15) is 0 Å². The monoisotopic (exact) mass is 401 g/mol. The first-order chi connectivity index (χ1) is 9.52. The minimum Gasteiger partial charge on any atom is -0.369 e. The number of hydrogen-bond acceptors (Lipinski definition) is 3. The van der Waals surface area contributed by atoms with Crippen molar-refractivity contribution in [3.63, 3.8) is 0 Å². The summed E-state index contributed by atoms with van der Waals surface area (Å²) in [5, 5.41) is 5.19. The first kappa shape index (κ1) is 13.7. The fourth-order valence-electron chi connectivity index (χ4n) is 2.31. The van der Waals surface area contributed by atoms with Crippen molar-refractivity contribution in [1.82, 2.24) is 19.3 Å². The minimum absolute atomic E-state index is 0.461. The lowest BCUT2D eigenvalue weighted by Gasteiger charge is -2.10. The van der Waals surface area contributed by atoms with Gasteiger partial charge in [0, 0.05) is 15.1 Å². The summed E-state index contributed by atoms with van der Waals surface area (Å²) in [7, 11) is 0. The number of benzene rings is 1. The maximum atomic E-state index is 6.10. The third-order valence-corrected chi connectivity index (χ3v) is 4.29. The molecule has 3 aromatic rings. The van der Waals surface area contributed by atoms with Gasteiger partial charge in [0.1, 0.15) is 5.52 Å². The molecule has 7 heteroatoms.